The zero-order valence-electron chi connectivity index (χ0n) is 12.6. The number of ether oxygens (including phenoxy) is 1. The Hall–Kier alpha value is -1.39. The highest BCUT2D eigenvalue weighted by Gasteiger charge is 2.34. The van der Waals surface area contributed by atoms with E-state index in [0.29, 0.717) is 17.0 Å². The van der Waals surface area contributed by atoms with Crippen molar-refractivity contribution in [3.63, 3.8) is 0 Å². The molecule has 0 aliphatic heterocycles. The predicted octanol–water partition coefficient (Wildman–Crippen LogP) is 5.21. The van der Waals surface area contributed by atoms with Gasteiger partial charge in [0.05, 0.1) is 5.69 Å². The van der Waals surface area contributed by atoms with Crippen LogP contribution in [0.2, 0.25) is 0 Å². The van der Waals surface area contributed by atoms with Crippen molar-refractivity contribution in [3.05, 3.63) is 24.3 Å². The van der Waals surface area contributed by atoms with Crippen LogP contribution in [0.1, 0.15) is 40.0 Å². The normalized spacial score (nSPS) is 25.4. The van der Waals surface area contributed by atoms with E-state index in [9.17, 15) is 13.2 Å². The first kappa shape index (κ1) is 16.0. The highest BCUT2D eigenvalue weighted by Crippen LogP contribution is 2.40. The van der Waals surface area contributed by atoms with Crippen molar-refractivity contribution in [2.45, 2.75) is 52.4 Å². The molecule has 1 aliphatic carbocycles. The summed E-state index contributed by atoms with van der Waals surface area (Å²) >= 11 is 0. The second-order valence-corrected chi connectivity index (χ2v) is 6.68. The molecule has 2 atom stereocenters. The molecule has 0 amide bonds. The van der Waals surface area contributed by atoms with E-state index in [-0.39, 0.29) is 11.8 Å². The van der Waals surface area contributed by atoms with E-state index < -0.39 is 6.36 Å². The molecule has 21 heavy (non-hydrogen) atoms. The smallest absolute Gasteiger partial charge is 0.404 e. The van der Waals surface area contributed by atoms with Crippen LogP contribution >= 0.6 is 0 Å². The topological polar surface area (TPSA) is 21.3 Å². The molecule has 118 valence electrons. The van der Waals surface area contributed by atoms with Gasteiger partial charge in [0.15, 0.2) is 5.75 Å². The molecule has 1 saturated carbocycles. The first-order valence-electron chi connectivity index (χ1n) is 7.28. The Kier molecular flexibility index (Phi) is 4.40. The fraction of sp³-hybridized carbons (Fsp3) is 0.625. The van der Waals surface area contributed by atoms with Crippen molar-refractivity contribution in [3.8, 4) is 5.75 Å². The van der Waals surface area contributed by atoms with Gasteiger partial charge in [-0.25, -0.2) is 0 Å². The minimum atomic E-state index is -4.67. The van der Waals surface area contributed by atoms with Crippen molar-refractivity contribution in [1.29, 1.82) is 0 Å². The van der Waals surface area contributed by atoms with Crippen LogP contribution in [-0.2, 0) is 0 Å². The van der Waals surface area contributed by atoms with E-state index >= 15 is 0 Å². The molecule has 1 aromatic carbocycles. The van der Waals surface area contributed by atoms with Gasteiger partial charge in [-0.15, -0.1) is 13.2 Å². The molecule has 0 radical (unpaired) electrons. The van der Waals surface area contributed by atoms with Gasteiger partial charge in [-0.05, 0) is 42.7 Å². The molecule has 1 fully saturated rings. The monoisotopic (exact) mass is 301 g/mol. The lowest BCUT2D eigenvalue weighted by molar-refractivity contribution is -0.274. The Bertz CT molecular complexity index is 485. The van der Waals surface area contributed by atoms with Gasteiger partial charge in [-0.3, -0.25) is 0 Å². The van der Waals surface area contributed by atoms with Gasteiger partial charge in [-0.2, -0.15) is 0 Å². The lowest BCUT2D eigenvalue weighted by Crippen LogP contribution is -2.37. The van der Waals surface area contributed by atoms with Crippen molar-refractivity contribution < 1.29 is 17.9 Å². The third-order valence-electron chi connectivity index (χ3n) is 4.15. The van der Waals surface area contributed by atoms with Gasteiger partial charge < -0.3 is 10.1 Å². The number of hydrogen-bond donors (Lipinski definition) is 1. The van der Waals surface area contributed by atoms with Gasteiger partial charge in [0.25, 0.3) is 0 Å². The van der Waals surface area contributed by atoms with Crippen LogP contribution < -0.4 is 10.1 Å². The molecule has 0 spiro atoms. The fourth-order valence-electron chi connectivity index (χ4n) is 3.16. The van der Waals surface area contributed by atoms with Crippen molar-refractivity contribution >= 4 is 5.69 Å². The average molecular weight is 301 g/mol. The molecular formula is C16H22F3NO. The molecule has 1 aromatic rings. The van der Waals surface area contributed by atoms with Crippen LogP contribution in [-0.4, -0.2) is 12.4 Å². The van der Waals surface area contributed by atoms with Gasteiger partial charge in [0.2, 0.25) is 0 Å². The van der Waals surface area contributed by atoms with E-state index in [1.165, 1.54) is 6.07 Å². The number of rotatable bonds is 3. The molecule has 0 heterocycles. The third kappa shape index (κ3) is 4.55. The highest BCUT2D eigenvalue weighted by atomic mass is 19.4. The quantitative estimate of drug-likeness (QED) is 0.827. The van der Waals surface area contributed by atoms with Crippen LogP contribution in [0.5, 0.6) is 5.75 Å². The summed E-state index contributed by atoms with van der Waals surface area (Å²) in [5.41, 5.74) is 0.714. The second kappa shape index (κ2) is 5.78. The van der Waals surface area contributed by atoms with E-state index in [0.717, 1.165) is 19.3 Å². The Labute approximate surface area is 123 Å². The van der Waals surface area contributed by atoms with Crippen molar-refractivity contribution in [2.24, 2.45) is 11.3 Å². The summed E-state index contributed by atoms with van der Waals surface area (Å²) in [5.74, 6) is 0.245. The molecule has 0 aromatic heterocycles. The zero-order chi connectivity index (χ0) is 15.7. The molecule has 0 bridgehead atoms. The summed E-state index contributed by atoms with van der Waals surface area (Å²) < 4.78 is 41.4. The summed E-state index contributed by atoms with van der Waals surface area (Å²) in [6, 6.07) is 6.40. The maximum Gasteiger partial charge on any atom is 0.573 e. The SMILES string of the molecule is CC1CC(C)(C)CCC1Nc1ccccc1OC(F)(F)F. The summed E-state index contributed by atoms with van der Waals surface area (Å²) in [4.78, 5) is 0. The second-order valence-electron chi connectivity index (χ2n) is 6.68. The number of alkyl halides is 3. The van der Waals surface area contributed by atoms with E-state index in [1.807, 2.05) is 0 Å². The first-order valence-corrected chi connectivity index (χ1v) is 7.28. The van der Waals surface area contributed by atoms with Crippen LogP contribution in [0.3, 0.4) is 0 Å². The maximum absolute atomic E-state index is 12.4. The van der Waals surface area contributed by atoms with Crippen molar-refractivity contribution in [1.82, 2.24) is 0 Å². The van der Waals surface area contributed by atoms with Gasteiger partial charge >= 0.3 is 6.36 Å². The van der Waals surface area contributed by atoms with E-state index in [4.69, 9.17) is 0 Å². The standard InChI is InChI=1S/C16H22F3NO/c1-11-10-15(2,3)9-8-12(11)20-13-6-4-5-7-14(13)21-16(17,18)19/h4-7,11-12,20H,8-10H2,1-3H3. The Morgan fingerprint density at radius 2 is 1.90 bits per heavy atom. The molecule has 1 aliphatic rings. The first-order chi connectivity index (χ1) is 9.66. The van der Waals surface area contributed by atoms with Gasteiger partial charge in [-0.1, -0.05) is 32.9 Å². The largest absolute Gasteiger partial charge is 0.573 e. The number of para-hydroxylation sites is 2. The molecular weight excluding hydrogens is 279 g/mol. The number of halogens is 3. The lowest BCUT2D eigenvalue weighted by atomic mass is 9.70. The molecule has 1 N–H and O–H groups in total. The predicted molar refractivity (Wildman–Crippen MR) is 77.3 cm³/mol. The molecule has 0 saturated heterocycles. The Balaban J connectivity index is 2.10. The van der Waals surface area contributed by atoms with Crippen LogP contribution in [0, 0.1) is 11.3 Å². The molecule has 5 heteroatoms. The highest BCUT2D eigenvalue weighted by molar-refractivity contribution is 5.57. The molecule has 2 nitrogen and oxygen atoms in total. The number of anilines is 1. The number of nitrogens with one attached hydrogen (secondary N) is 1. The summed E-state index contributed by atoms with van der Waals surface area (Å²) in [6.45, 7) is 6.62. The van der Waals surface area contributed by atoms with Crippen LogP contribution in [0.15, 0.2) is 24.3 Å². The minimum absolute atomic E-state index is 0.165. The Morgan fingerprint density at radius 3 is 2.52 bits per heavy atom. The zero-order valence-corrected chi connectivity index (χ0v) is 12.6. The summed E-state index contributed by atoms with van der Waals surface area (Å²) in [6.07, 6.45) is -1.59. The van der Waals surface area contributed by atoms with Crippen molar-refractivity contribution in [2.75, 3.05) is 5.32 Å². The van der Waals surface area contributed by atoms with Crippen LogP contribution in [0.4, 0.5) is 18.9 Å². The maximum atomic E-state index is 12.4. The number of benzene rings is 1. The number of hydrogen-bond acceptors (Lipinski definition) is 2. The average Bonchev–Trinajstić information content (AvgIpc) is 2.32. The van der Waals surface area contributed by atoms with Crippen LogP contribution in [0.25, 0.3) is 0 Å². The fourth-order valence-corrected chi connectivity index (χ4v) is 3.16. The minimum Gasteiger partial charge on any atom is -0.404 e. The van der Waals surface area contributed by atoms with E-state index in [1.54, 1.807) is 18.2 Å². The van der Waals surface area contributed by atoms with Gasteiger partial charge in [0.1, 0.15) is 0 Å². The molecule has 2 rings (SSSR count). The van der Waals surface area contributed by atoms with E-state index in [2.05, 4.69) is 30.8 Å². The third-order valence-corrected chi connectivity index (χ3v) is 4.15. The van der Waals surface area contributed by atoms with Gasteiger partial charge in [0, 0.05) is 6.04 Å². The molecule has 2 unspecified atom stereocenters. The summed E-state index contributed by atoms with van der Waals surface area (Å²) in [7, 11) is 0. The summed E-state index contributed by atoms with van der Waals surface area (Å²) in [5, 5.41) is 3.23. The Morgan fingerprint density at radius 1 is 1.24 bits per heavy atom. The lowest BCUT2D eigenvalue weighted by Gasteiger charge is -2.40.